The summed E-state index contributed by atoms with van der Waals surface area (Å²) in [6.07, 6.45) is 0.133. The van der Waals surface area contributed by atoms with Crippen LogP contribution in [-0.4, -0.2) is 31.5 Å². The summed E-state index contributed by atoms with van der Waals surface area (Å²) in [7, 11) is 1.58. The van der Waals surface area contributed by atoms with Crippen LogP contribution in [0.15, 0.2) is 48.5 Å². The minimum Gasteiger partial charge on any atom is -0.491 e. The minimum atomic E-state index is -0.164. The lowest BCUT2D eigenvalue weighted by Crippen LogP contribution is -2.29. The zero-order chi connectivity index (χ0) is 18.9. The normalized spacial score (nSPS) is 10.3. The van der Waals surface area contributed by atoms with E-state index >= 15 is 0 Å². The molecule has 6 nitrogen and oxygen atoms in total. The predicted octanol–water partition coefficient (Wildman–Crippen LogP) is 2.56. The molecule has 0 saturated heterocycles. The smallest absolute Gasteiger partial charge is 0.251 e. The molecule has 0 heterocycles. The molecule has 0 aromatic heterocycles. The number of carbonyl (C=O) groups excluding carboxylic acids is 2. The van der Waals surface area contributed by atoms with Gasteiger partial charge in [0, 0.05) is 24.8 Å². The standard InChI is InChI=1S/C20H25N3O3/c1-14(2)26-18-9-7-15(8-10-18)12-23-19(24)13-22-17-6-4-5-16(11-17)20(25)21-3/h4-11,14,22H,12-13H2,1-3H3,(H,21,25)(H,23,24). The van der Waals surface area contributed by atoms with E-state index in [4.69, 9.17) is 4.74 Å². The van der Waals surface area contributed by atoms with E-state index in [0.717, 1.165) is 17.0 Å². The van der Waals surface area contributed by atoms with Crippen LogP contribution in [-0.2, 0) is 11.3 Å². The summed E-state index contributed by atoms with van der Waals surface area (Å²) in [6.45, 7) is 4.53. The number of rotatable bonds is 8. The van der Waals surface area contributed by atoms with E-state index in [9.17, 15) is 9.59 Å². The molecule has 0 spiro atoms. The van der Waals surface area contributed by atoms with Gasteiger partial charge in [-0.3, -0.25) is 9.59 Å². The fraction of sp³-hybridized carbons (Fsp3) is 0.300. The Hall–Kier alpha value is -3.02. The molecule has 26 heavy (non-hydrogen) atoms. The van der Waals surface area contributed by atoms with Gasteiger partial charge in [-0.1, -0.05) is 18.2 Å². The predicted molar refractivity (Wildman–Crippen MR) is 102 cm³/mol. The third-order valence-corrected chi connectivity index (χ3v) is 3.59. The number of anilines is 1. The van der Waals surface area contributed by atoms with E-state index in [1.54, 1.807) is 25.2 Å². The van der Waals surface area contributed by atoms with E-state index < -0.39 is 0 Å². The molecular weight excluding hydrogens is 330 g/mol. The van der Waals surface area contributed by atoms with E-state index in [1.807, 2.05) is 44.2 Å². The van der Waals surface area contributed by atoms with Crippen LogP contribution < -0.4 is 20.7 Å². The quantitative estimate of drug-likeness (QED) is 0.680. The van der Waals surface area contributed by atoms with Gasteiger partial charge in [0.05, 0.1) is 12.6 Å². The molecule has 138 valence electrons. The highest BCUT2D eigenvalue weighted by molar-refractivity contribution is 5.95. The number of nitrogens with one attached hydrogen (secondary N) is 3. The topological polar surface area (TPSA) is 79.5 Å². The van der Waals surface area contributed by atoms with Crippen LogP contribution in [0.2, 0.25) is 0 Å². The van der Waals surface area contributed by atoms with Crippen molar-refractivity contribution in [1.29, 1.82) is 0 Å². The van der Waals surface area contributed by atoms with Crippen LogP contribution in [0.5, 0.6) is 5.75 Å². The van der Waals surface area contributed by atoms with Crippen LogP contribution in [0.3, 0.4) is 0 Å². The summed E-state index contributed by atoms with van der Waals surface area (Å²) in [5.41, 5.74) is 2.26. The Morgan fingerprint density at radius 3 is 2.46 bits per heavy atom. The van der Waals surface area contributed by atoms with Gasteiger partial charge in [0.1, 0.15) is 5.75 Å². The minimum absolute atomic E-state index is 0.127. The Balaban J connectivity index is 1.79. The summed E-state index contributed by atoms with van der Waals surface area (Å²) >= 11 is 0. The van der Waals surface area contributed by atoms with Crippen LogP contribution in [0, 0.1) is 0 Å². The molecule has 0 fully saturated rings. The Bertz CT molecular complexity index is 742. The third-order valence-electron chi connectivity index (χ3n) is 3.59. The summed E-state index contributed by atoms with van der Waals surface area (Å²) < 4.78 is 5.59. The van der Waals surface area contributed by atoms with Crippen molar-refractivity contribution in [2.24, 2.45) is 0 Å². The van der Waals surface area contributed by atoms with E-state index in [-0.39, 0.29) is 24.5 Å². The van der Waals surface area contributed by atoms with Crippen LogP contribution in [0.25, 0.3) is 0 Å². The molecule has 0 aliphatic carbocycles. The Morgan fingerprint density at radius 1 is 1.08 bits per heavy atom. The molecule has 0 aliphatic heterocycles. The van der Waals surface area contributed by atoms with Crippen molar-refractivity contribution in [1.82, 2.24) is 10.6 Å². The van der Waals surface area contributed by atoms with Crippen molar-refractivity contribution < 1.29 is 14.3 Å². The van der Waals surface area contributed by atoms with Crippen LogP contribution >= 0.6 is 0 Å². The number of hydrogen-bond donors (Lipinski definition) is 3. The van der Waals surface area contributed by atoms with Gasteiger partial charge in [-0.15, -0.1) is 0 Å². The second-order valence-electron chi connectivity index (χ2n) is 6.10. The number of ether oxygens (including phenoxy) is 1. The van der Waals surface area contributed by atoms with Gasteiger partial charge >= 0.3 is 0 Å². The van der Waals surface area contributed by atoms with Crippen molar-refractivity contribution in [3.63, 3.8) is 0 Å². The summed E-state index contributed by atoms with van der Waals surface area (Å²) in [5, 5.41) is 8.45. The summed E-state index contributed by atoms with van der Waals surface area (Å²) in [6, 6.07) is 14.7. The zero-order valence-electron chi connectivity index (χ0n) is 15.3. The summed E-state index contributed by atoms with van der Waals surface area (Å²) in [4.78, 5) is 23.6. The first-order chi connectivity index (χ1) is 12.5. The average Bonchev–Trinajstić information content (AvgIpc) is 2.65. The summed E-state index contributed by atoms with van der Waals surface area (Å²) in [5.74, 6) is 0.522. The molecule has 0 radical (unpaired) electrons. The maximum absolute atomic E-state index is 12.0. The van der Waals surface area contributed by atoms with Crippen molar-refractivity contribution >= 4 is 17.5 Å². The zero-order valence-corrected chi connectivity index (χ0v) is 15.3. The molecule has 2 aromatic carbocycles. The first kappa shape index (κ1) is 19.3. The monoisotopic (exact) mass is 355 g/mol. The maximum atomic E-state index is 12.0. The van der Waals surface area contributed by atoms with E-state index in [2.05, 4.69) is 16.0 Å². The first-order valence-electron chi connectivity index (χ1n) is 8.56. The van der Waals surface area contributed by atoms with Gasteiger partial charge in [0.15, 0.2) is 0 Å². The van der Waals surface area contributed by atoms with Crippen molar-refractivity contribution in [2.75, 3.05) is 18.9 Å². The molecule has 0 unspecified atom stereocenters. The molecular formula is C20H25N3O3. The van der Waals surface area contributed by atoms with Gasteiger partial charge in [-0.2, -0.15) is 0 Å². The number of benzene rings is 2. The number of carbonyl (C=O) groups is 2. The third kappa shape index (κ3) is 6.12. The largest absolute Gasteiger partial charge is 0.491 e. The lowest BCUT2D eigenvalue weighted by Gasteiger charge is -2.11. The van der Waals surface area contributed by atoms with Crippen molar-refractivity contribution in [3.8, 4) is 5.75 Å². The lowest BCUT2D eigenvalue weighted by atomic mass is 10.2. The molecule has 2 rings (SSSR count). The van der Waals surface area contributed by atoms with Crippen molar-refractivity contribution in [3.05, 3.63) is 59.7 Å². The highest BCUT2D eigenvalue weighted by Gasteiger charge is 2.05. The molecule has 0 saturated carbocycles. The van der Waals surface area contributed by atoms with E-state index in [1.165, 1.54) is 0 Å². The SMILES string of the molecule is CNC(=O)c1cccc(NCC(=O)NCc2ccc(OC(C)C)cc2)c1. The fourth-order valence-electron chi connectivity index (χ4n) is 2.32. The molecule has 6 heteroatoms. The Labute approximate surface area is 153 Å². The molecule has 2 amide bonds. The highest BCUT2D eigenvalue weighted by Crippen LogP contribution is 2.14. The first-order valence-corrected chi connectivity index (χ1v) is 8.56. The molecule has 0 bridgehead atoms. The molecule has 2 aromatic rings. The van der Waals surface area contributed by atoms with Crippen LogP contribution in [0.1, 0.15) is 29.8 Å². The van der Waals surface area contributed by atoms with Gasteiger partial charge in [0.25, 0.3) is 5.91 Å². The Kier molecular flexibility index (Phi) is 7.02. The highest BCUT2D eigenvalue weighted by atomic mass is 16.5. The lowest BCUT2D eigenvalue weighted by molar-refractivity contribution is -0.119. The number of hydrogen-bond acceptors (Lipinski definition) is 4. The van der Waals surface area contributed by atoms with Gasteiger partial charge in [0.2, 0.25) is 5.91 Å². The van der Waals surface area contributed by atoms with E-state index in [0.29, 0.717) is 12.1 Å². The average molecular weight is 355 g/mol. The molecule has 0 atom stereocenters. The van der Waals surface area contributed by atoms with Gasteiger partial charge < -0.3 is 20.7 Å². The second kappa shape index (κ2) is 9.46. The van der Waals surface area contributed by atoms with Gasteiger partial charge in [-0.05, 0) is 49.7 Å². The molecule has 0 aliphatic rings. The maximum Gasteiger partial charge on any atom is 0.251 e. The van der Waals surface area contributed by atoms with Gasteiger partial charge in [-0.25, -0.2) is 0 Å². The number of amides is 2. The second-order valence-corrected chi connectivity index (χ2v) is 6.10. The molecule has 3 N–H and O–H groups in total. The van der Waals surface area contributed by atoms with Crippen LogP contribution in [0.4, 0.5) is 5.69 Å². The van der Waals surface area contributed by atoms with Crippen molar-refractivity contribution in [2.45, 2.75) is 26.5 Å². The Morgan fingerprint density at radius 2 is 1.81 bits per heavy atom. The fourth-order valence-corrected chi connectivity index (χ4v) is 2.32.